The van der Waals surface area contributed by atoms with Gasteiger partial charge in [-0.25, -0.2) is 0 Å². The van der Waals surface area contributed by atoms with E-state index in [4.69, 9.17) is 9.47 Å². The molecule has 0 radical (unpaired) electrons. The summed E-state index contributed by atoms with van der Waals surface area (Å²) in [5.74, 6) is -0.508. The molecular formula is C23H28N2O4. The third-order valence-corrected chi connectivity index (χ3v) is 9.34. The van der Waals surface area contributed by atoms with Gasteiger partial charge in [0.25, 0.3) is 0 Å². The Kier molecular flexibility index (Phi) is 3.46. The standard InChI is InChI=1S/C23H28N2O4/c1-28-18-7-11-24-12-10-22-15-5-3-4-6-17(15)25(14-26)23(22)9-8-21(18,20(22)24)13-16(23)19(27)29-2/h3-6,14,16,18,20H,7-13H2,1-2H3. The van der Waals surface area contributed by atoms with Gasteiger partial charge in [0.05, 0.1) is 24.7 Å². The molecule has 2 bridgehead atoms. The van der Waals surface area contributed by atoms with Gasteiger partial charge in [0.15, 0.2) is 0 Å². The third-order valence-electron chi connectivity index (χ3n) is 9.34. The van der Waals surface area contributed by atoms with Gasteiger partial charge >= 0.3 is 5.97 Å². The molecule has 6 heteroatoms. The van der Waals surface area contributed by atoms with E-state index < -0.39 is 5.54 Å². The predicted octanol–water partition coefficient (Wildman–Crippen LogP) is 2.11. The molecule has 3 heterocycles. The van der Waals surface area contributed by atoms with Gasteiger partial charge in [0.1, 0.15) is 0 Å². The zero-order valence-electron chi connectivity index (χ0n) is 17.1. The van der Waals surface area contributed by atoms with Crippen LogP contribution in [0.15, 0.2) is 24.3 Å². The van der Waals surface area contributed by atoms with E-state index in [1.165, 1.54) is 12.7 Å². The molecule has 1 aromatic rings. The molecule has 3 saturated carbocycles. The van der Waals surface area contributed by atoms with Crippen LogP contribution < -0.4 is 4.90 Å². The smallest absolute Gasteiger partial charge is 0.311 e. The van der Waals surface area contributed by atoms with Gasteiger partial charge < -0.3 is 14.4 Å². The number of hydrogen-bond acceptors (Lipinski definition) is 5. The van der Waals surface area contributed by atoms with Gasteiger partial charge in [-0.3, -0.25) is 14.5 Å². The van der Waals surface area contributed by atoms with E-state index in [1.54, 1.807) is 0 Å². The maximum atomic E-state index is 13.2. The van der Waals surface area contributed by atoms with Crippen LogP contribution in [0.1, 0.15) is 37.7 Å². The minimum absolute atomic E-state index is 0.0733. The first kappa shape index (κ1) is 17.9. The number of methoxy groups -OCH3 is 2. The number of nitrogens with zero attached hydrogens (tertiary/aromatic N) is 2. The molecule has 1 amide bonds. The van der Waals surface area contributed by atoms with Gasteiger partial charge in [-0.1, -0.05) is 18.2 Å². The fraction of sp³-hybridized carbons (Fsp3) is 0.652. The zero-order valence-corrected chi connectivity index (χ0v) is 17.1. The number of carbonyl (C=O) groups excluding carboxylic acids is 2. The molecule has 6 atom stereocenters. The second-order valence-corrected chi connectivity index (χ2v) is 9.60. The minimum atomic E-state index is -0.539. The number of ether oxygens (including phenoxy) is 2. The lowest BCUT2D eigenvalue weighted by Crippen LogP contribution is -2.81. The Morgan fingerprint density at radius 2 is 2.00 bits per heavy atom. The first-order valence-electron chi connectivity index (χ1n) is 10.8. The van der Waals surface area contributed by atoms with Crippen molar-refractivity contribution in [2.24, 2.45) is 11.3 Å². The molecule has 6 nitrogen and oxygen atoms in total. The van der Waals surface area contributed by atoms with Crippen LogP contribution in [0, 0.1) is 11.3 Å². The van der Waals surface area contributed by atoms with Gasteiger partial charge in [-0.05, 0) is 50.3 Å². The van der Waals surface area contributed by atoms with Crippen molar-refractivity contribution in [3.63, 3.8) is 0 Å². The average molecular weight is 396 g/mol. The average Bonchev–Trinajstić information content (AvgIpc) is 3.29. The monoisotopic (exact) mass is 396 g/mol. The second kappa shape index (κ2) is 5.61. The lowest BCUT2D eigenvalue weighted by Gasteiger charge is -2.71. The summed E-state index contributed by atoms with van der Waals surface area (Å²) in [7, 11) is 3.30. The molecule has 2 saturated heterocycles. The number of esters is 1. The summed E-state index contributed by atoms with van der Waals surface area (Å²) in [6, 6.07) is 8.63. The zero-order chi connectivity index (χ0) is 20.0. The molecule has 3 spiro atoms. The Balaban J connectivity index is 1.69. The highest BCUT2D eigenvalue weighted by molar-refractivity contribution is 5.90. The Hall–Kier alpha value is -1.92. The Labute approximate surface area is 171 Å². The largest absolute Gasteiger partial charge is 0.469 e. The summed E-state index contributed by atoms with van der Waals surface area (Å²) in [6.07, 6.45) is 5.64. The first-order valence-corrected chi connectivity index (χ1v) is 10.8. The van der Waals surface area contributed by atoms with Crippen LogP contribution in [-0.4, -0.2) is 62.3 Å². The van der Waals surface area contributed by atoms with E-state index in [2.05, 4.69) is 23.1 Å². The number of piperidine rings is 1. The normalized spacial score (nSPS) is 44.2. The van der Waals surface area contributed by atoms with E-state index in [1.807, 2.05) is 18.1 Å². The highest BCUT2D eigenvalue weighted by Gasteiger charge is 2.82. The number of fused-ring (bicyclic) bond motifs is 3. The van der Waals surface area contributed by atoms with Crippen molar-refractivity contribution in [1.82, 2.24) is 4.90 Å². The van der Waals surface area contributed by atoms with Crippen molar-refractivity contribution in [2.75, 3.05) is 32.2 Å². The fourth-order valence-corrected chi connectivity index (χ4v) is 8.73. The summed E-state index contributed by atoms with van der Waals surface area (Å²) in [5, 5.41) is 0. The van der Waals surface area contributed by atoms with Crippen molar-refractivity contribution < 1.29 is 19.1 Å². The first-order chi connectivity index (χ1) is 14.1. The highest BCUT2D eigenvalue weighted by Crippen LogP contribution is 2.75. The van der Waals surface area contributed by atoms with Crippen molar-refractivity contribution in [3.8, 4) is 0 Å². The molecule has 29 heavy (non-hydrogen) atoms. The summed E-state index contributed by atoms with van der Waals surface area (Å²) < 4.78 is 11.4. The molecule has 154 valence electrons. The number of para-hydroxylation sites is 1. The Morgan fingerprint density at radius 3 is 2.76 bits per heavy atom. The summed E-state index contributed by atoms with van der Waals surface area (Å²) in [5.41, 5.74) is 1.37. The molecule has 6 unspecified atom stereocenters. The predicted molar refractivity (Wildman–Crippen MR) is 107 cm³/mol. The number of benzene rings is 1. The highest BCUT2D eigenvalue weighted by atomic mass is 16.5. The lowest BCUT2D eigenvalue weighted by molar-refractivity contribution is -0.205. The Bertz CT molecular complexity index is 905. The molecular weight excluding hydrogens is 368 g/mol. The van der Waals surface area contributed by atoms with Gasteiger partial charge in [0, 0.05) is 36.2 Å². The quantitative estimate of drug-likeness (QED) is 0.579. The van der Waals surface area contributed by atoms with Gasteiger partial charge in [-0.15, -0.1) is 0 Å². The van der Waals surface area contributed by atoms with E-state index in [-0.39, 0.29) is 28.8 Å². The van der Waals surface area contributed by atoms with Crippen LogP contribution in [-0.2, 0) is 24.5 Å². The van der Waals surface area contributed by atoms with Crippen LogP contribution >= 0.6 is 0 Å². The molecule has 0 N–H and O–H groups in total. The molecule has 5 fully saturated rings. The fourth-order valence-electron chi connectivity index (χ4n) is 8.73. The Morgan fingerprint density at radius 1 is 1.17 bits per heavy atom. The number of hydrogen-bond donors (Lipinski definition) is 0. The van der Waals surface area contributed by atoms with Crippen LogP contribution in [0.5, 0.6) is 0 Å². The van der Waals surface area contributed by atoms with E-state index in [0.717, 1.165) is 57.3 Å². The van der Waals surface area contributed by atoms with E-state index >= 15 is 0 Å². The number of amides is 1. The van der Waals surface area contributed by atoms with E-state index in [0.29, 0.717) is 6.04 Å². The van der Waals surface area contributed by atoms with Crippen molar-refractivity contribution in [3.05, 3.63) is 29.8 Å². The van der Waals surface area contributed by atoms with Crippen LogP contribution in [0.2, 0.25) is 0 Å². The second-order valence-electron chi connectivity index (χ2n) is 9.60. The summed E-state index contributed by atoms with van der Waals surface area (Å²) >= 11 is 0. The summed E-state index contributed by atoms with van der Waals surface area (Å²) in [4.78, 5) is 30.3. The molecule has 6 aliphatic rings. The third kappa shape index (κ3) is 1.67. The van der Waals surface area contributed by atoms with Gasteiger partial charge in [-0.2, -0.15) is 0 Å². The molecule has 3 aliphatic carbocycles. The number of carbonyl (C=O) groups is 2. The van der Waals surface area contributed by atoms with Crippen molar-refractivity contribution in [2.45, 2.75) is 55.2 Å². The maximum absolute atomic E-state index is 13.2. The molecule has 0 aromatic heterocycles. The number of rotatable bonds is 3. The van der Waals surface area contributed by atoms with E-state index in [9.17, 15) is 9.59 Å². The van der Waals surface area contributed by atoms with Crippen molar-refractivity contribution >= 4 is 18.1 Å². The number of anilines is 1. The van der Waals surface area contributed by atoms with Crippen molar-refractivity contribution in [1.29, 1.82) is 0 Å². The van der Waals surface area contributed by atoms with Crippen LogP contribution in [0.4, 0.5) is 5.69 Å². The lowest BCUT2D eigenvalue weighted by atomic mass is 9.38. The maximum Gasteiger partial charge on any atom is 0.311 e. The molecule has 7 rings (SSSR count). The minimum Gasteiger partial charge on any atom is -0.469 e. The summed E-state index contributed by atoms with van der Waals surface area (Å²) in [6.45, 7) is 2.04. The SMILES string of the molecule is COC(=O)C1CC23CCC14N(C=O)c1ccccc1C41CCN(CCC2OC)C31. The van der Waals surface area contributed by atoms with Crippen LogP contribution in [0.25, 0.3) is 0 Å². The molecule has 3 aliphatic heterocycles. The molecule has 1 aromatic carbocycles. The van der Waals surface area contributed by atoms with Gasteiger partial charge in [0.2, 0.25) is 6.41 Å². The van der Waals surface area contributed by atoms with Crippen LogP contribution in [0.3, 0.4) is 0 Å². The topological polar surface area (TPSA) is 59.1 Å².